The van der Waals surface area contributed by atoms with Crippen molar-refractivity contribution in [2.24, 2.45) is 0 Å². The summed E-state index contributed by atoms with van der Waals surface area (Å²) in [6.07, 6.45) is 0. The molecule has 3 nitrogen and oxygen atoms in total. The van der Waals surface area contributed by atoms with Crippen LogP contribution in [0.25, 0.3) is 93.2 Å². The quantitative estimate of drug-likeness (QED) is 0.179. The van der Waals surface area contributed by atoms with Crippen LogP contribution in [0.2, 0.25) is 0 Å². The number of nitrogens with zero attached hydrogens (tertiary/aromatic N) is 2. The first-order valence-corrected chi connectivity index (χ1v) is 20.2. The Labute approximate surface area is 337 Å². The van der Waals surface area contributed by atoms with Crippen molar-refractivity contribution in [3.8, 4) is 27.9 Å². The smallest absolute Gasteiger partial charge is 0.159 e. The summed E-state index contributed by atoms with van der Waals surface area (Å²) in [7, 11) is 0. The Morgan fingerprint density at radius 3 is 1.67 bits per heavy atom. The summed E-state index contributed by atoms with van der Waals surface area (Å²) >= 11 is 0. The Hall–Kier alpha value is -7.10. The molecule has 11 aromatic rings. The number of benzene rings is 9. The molecular weight excluding hydrogens is 705 g/mol. The third kappa shape index (κ3) is 4.80. The maximum atomic E-state index is 6.92. The lowest BCUT2D eigenvalue weighted by Gasteiger charge is -2.28. The van der Waals surface area contributed by atoms with E-state index in [1.165, 1.54) is 82.4 Å². The molecule has 58 heavy (non-hydrogen) atoms. The van der Waals surface area contributed by atoms with Crippen molar-refractivity contribution in [2.45, 2.75) is 33.1 Å². The average molecular weight is 745 g/mol. The molecule has 276 valence electrons. The monoisotopic (exact) mass is 744 g/mol. The van der Waals surface area contributed by atoms with Crippen LogP contribution in [0.3, 0.4) is 0 Å². The predicted molar refractivity (Wildman–Crippen MR) is 246 cm³/mol. The van der Waals surface area contributed by atoms with Gasteiger partial charge in [0.2, 0.25) is 0 Å². The molecular formula is C55H40N2O. The number of anilines is 3. The van der Waals surface area contributed by atoms with Gasteiger partial charge in [0, 0.05) is 44.2 Å². The number of rotatable bonds is 4. The lowest BCUT2D eigenvalue weighted by molar-refractivity contribution is 0.573. The first-order chi connectivity index (χ1) is 28.3. The van der Waals surface area contributed by atoms with Crippen molar-refractivity contribution in [1.29, 1.82) is 0 Å². The van der Waals surface area contributed by atoms with Gasteiger partial charge in [-0.3, -0.25) is 0 Å². The van der Waals surface area contributed by atoms with Gasteiger partial charge in [-0.1, -0.05) is 112 Å². The Balaban J connectivity index is 0.979. The molecule has 0 atom stereocenters. The van der Waals surface area contributed by atoms with E-state index in [2.05, 4.69) is 207 Å². The molecule has 0 amide bonds. The minimum atomic E-state index is -0.0506. The Kier molecular flexibility index (Phi) is 6.82. The van der Waals surface area contributed by atoms with Crippen LogP contribution in [0.4, 0.5) is 17.1 Å². The lowest BCUT2D eigenvalue weighted by atomic mass is 9.78. The number of hydrogen-bond acceptors (Lipinski definition) is 2. The molecule has 3 heteroatoms. The summed E-state index contributed by atoms with van der Waals surface area (Å²) in [6, 6.07) is 62.6. The largest absolute Gasteiger partial charge is 0.454 e. The summed E-state index contributed by atoms with van der Waals surface area (Å²) in [6.45, 7) is 8.92. The van der Waals surface area contributed by atoms with E-state index in [0.717, 1.165) is 39.0 Å². The molecule has 0 spiro atoms. The highest BCUT2D eigenvalue weighted by atomic mass is 16.3. The van der Waals surface area contributed by atoms with E-state index >= 15 is 0 Å². The van der Waals surface area contributed by atoms with Crippen LogP contribution in [-0.2, 0) is 5.41 Å². The molecule has 2 aromatic heterocycles. The van der Waals surface area contributed by atoms with Gasteiger partial charge in [-0.15, -0.1) is 0 Å². The van der Waals surface area contributed by atoms with E-state index < -0.39 is 0 Å². The zero-order valence-corrected chi connectivity index (χ0v) is 33.0. The highest BCUT2D eigenvalue weighted by molar-refractivity contribution is 6.14. The minimum Gasteiger partial charge on any atom is -0.454 e. The molecule has 0 aliphatic heterocycles. The molecule has 1 aliphatic rings. The summed E-state index contributed by atoms with van der Waals surface area (Å²) < 4.78 is 9.33. The molecule has 0 saturated heterocycles. The highest BCUT2D eigenvalue weighted by Gasteiger charge is 2.26. The standard InChI is InChI=1S/C55H40N2O/c1-33-12-9-13-38(26-33)56(52-21-11-17-44-43-16-10-18-49(55(2,3)4)53(43)58-54(44)52)39-24-22-34-29-45-47(31-36(34)27-39)46-30-35-23-25-40(28-37(35)32-48(45)46)57-50-19-7-5-14-41(50)42-15-6-8-20-51(42)57/h5-32H,1-4H3. The van der Waals surface area contributed by atoms with Gasteiger partial charge in [0.25, 0.3) is 0 Å². The van der Waals surface area contributed by atoms with Gasteiger partial charge < -0.3 is 13.9 Å². The number of fused-ring (bicyclic) bond motifs is 12. The molecule has 0 saturated carbocycles. The maximum absolute atomic E-state index is 6.92. The summed E-state index contributed by atoms with van der Waals surface area (Å²) in [5.41, 5.74) is 16.4. The SMILES string of the molecule is Cc1cccc(N(c2ccc3cc4c(cc3c2)-c2cc3ccc(-n5c6ccccc6c6ccccc65)cc3cc2-4)c2cccc3c2oc2c(C(C)(C)C)cccc23)c1. The Morgan fingerprint density at radius 1 is 0.448 bits per heavy atom. The normalized spacial score (nSPS) is 12.5. The Bertz CT molecular complexity index is 3470. The fraction of sp³-hybridized carbons (Fsp3) is 0.0909. The van der Waals surface area contributed by atoms with Gasteiger partial charge in [0.15, 0.2) is 5.58 Å². The van der Waals surface area contributed by atoms with Crippen LogP contribution in [0.1, 0.15) is 31.9 Å². The van der Waals surface area contributed by atoms with Gasteiger partial charge in [0.1, 0.15) is 5.58 Å². The second kappa shape index (κ2) is 12.0. The topological polar surface area (TPSA) is 21.3 Å². The van der Waals surface area contributed by atoms with Gasteiger partial charge in [-0.05, 0) is 141 Å². The number of aromatic nitrogens is 1. The van der Waals surface area contributed by atoms with Crippen molar-refractivity contribution >= 4 is 82.4 Å². The van der Waals surface area contributed by atoms with Crippen LogP contribution >= 0.6 is 0 Å². The van der Waals surface area contributed by atoms with E-state index in [4.69, 9.17) is 4.42 Å². The first kappa shape index (κ1) is 33.1. The number of aryl methyl sites for hydroxylation is 1. The minimum absolute atomic E-state index is 0.0506. The number of furan rings is 1. The third-order valence-corrected chi connectivity index (χ3v) is 12.4. The van der Waals surface area contributed by atoms with E-state index in [1.807, 2.05) is 0 Å². The molecule has 12 rings (SSSR count). The molecule has 2 heterocycles. The molecule has 1 aliphatic carbocycles. The second-order valence-corrected chi connectivity index (χ2v) is 17.1. The van der Waals surface area contributed by atoms with Gasteiger partial charge in [-0.2, -0.15) is 0 Å². The average Bonchev–Trinajstić information content (AvgIpc) is 3.79. The van der Waals surface area contributed by atoms with Crippen molar-refractivity contribution in [3.05, 3.63) is 181 Å². The van der Waals surface area contributed by atoms with E-state index in [0.29, 0.717) is 0 Å². The molecule has 9 aromatic carbocycles. The van der Waals surface area contributed by atoms with Gasteiger partial charge in [0.05, 0.1) is 16.7 Å². The van der Waals surface area contributed by atoms with Crippen LogP contribution in [-0.4, -0.2) is 4.57 Å². The van der Waals surface area contributed by atoms with Crippen molar-refractivity contribution in [3.63, 3.8) is 0 Å². The summed E-state index contributed by atoms with van der Waals surface area (Å²) in [4.78, 5) is 2.36. The van der Waals surface area contributed by atoms with Crippen molar-refractivity contribution in [2.75, 3.05) is 4.90 Å². The van der Waals surface area contributed by atoms with Crippen LogP contribution in [0.5, 0.6) is 0 Å². The first-order valence-electron chi connectivity index (χ1n) is 20.2. The zero-order chi connectivity index (χ0) is 38.9. The van der Waals surface area contributed by atoms with E-state index in [1.54, 1.807) is 0 Å². The third-order valence-electron chi connectivity index (χ3n) is 12.4. The summed E-state index contributed by atoms with van der Waals surface area (Å²) in [5.74, 6) is 0. The molecule has 0 fully saturated rings. The molecule has 0 radical (unpaired) electrons. The van der Waals surface area contributed by atoms with Crippen LogP contribution in [0.15, 0.2) is 174 Å². The molecule has 0 bridgehead atoms. The highest BCUT2D eigenvalue weighted by Crippen LogP contribution is 2.51. The second-order valence-electron chi connectivity index (χ2n) is 17.1. The van der Waals surface area contributed by atoms with E-state index in [-0.39, 0.29) is 5.41 Å². The predicted octanol–water partition coefficient (Wildman–Crippen LogP) is 15.7. The fourth-order valence-electron chi connectivity index (χ4n) is 9.64. The Morgan fingerprint density at radius 2 is 1.00 bits per heavy atom. The van der Waals surface area contributed by atoms with E-state index in [9.17, 15) is 0 Å². The molecule has 0 unspecified atom stereocenters. The number of para-hydroxylation sites is 4. The van der Waals surface area contributed by atoms with Crippen LogP contribution < -0.4 is 4.90 Å². The number of hydrogen-bond donors (Lipinski definition) is 0. The fourth-order valence-corrected chi connectivity index (χ4v) is 9.64. The van der Waals surface area contributed by atoms with Crippen molar-refractivity contribution < 1.29 is 4.42 Å². The van der Waals surface area contributed by atoms with Crippen molar-refractivity contribution in [1.82, 2.24) is 4.57 Å². The van der Waals surface area contributed by atoms with Gasteiger partial charge in [-0.25, -0.2) is 0 Å². The van der Waals surface area contributed by atoms with Crippen LogP contribution in [0, 0.1) is 6.92 Å². The molecule has 0 N–H and O–H groups in total. The lowest BCUT2D eigenvalue weighted by Crippen LogP contribution is -2.11. The summed E-state index contributed by atoms with van der Waals surface area (Å²) in [5, 5.41) is 9.79. The van der Waals surface area contributed by atoms with Gasteiger partial charge >= 0.3 is 0 Å². The maximum Gasteiger partial charge on any atom is 0.159 e. The zero-order valence-electron chi connectivity index (χ0n) is 33.0.